The Balaban J connectivity index is 1.68. The Morgan fingerprint density at radius 1 is 1.24 bits per heavy atom. The number of aliphatic hydroxyl groups is 1. The number of esters is 1. The first-order valence-electron chi connectivity index (χ1n) is 11.8. The highest BCUT2D eigenvalue weighted by atomic mass is 79.9. The molecular formula is C26H32BrN5O6. The lowest BCUT2D eigenvalue weighted by Crippen LogP contribution is -2.45. The van der Waals surface area contributed by atoms with Gasteiger partial charge in [0.05, 0.1) is 37.2 Å². The number of ether oxygens (including phenoxy) is 3. The van der Waals surface area contributed by atoms with E-state index in [1.54, 1.807) is 31.3 Å². The number of anilines is 1. The van der Waals surface area contributed by atoms with Crippen molar-refractivity contribution in [3.8, 4) is 11.5 Å². The van der Waals surface area contributed by atoms with Crippen molar-refractivity contribution in [2.24, 2.45) is 5.10 Å². The number of hydrogen-bond acceptors (Lipinski definition) is 9. The molecule has 2 amide bonds. The lowest BCUT2D eigenvalue weighted by atomic mass is 9.95. The van der Waals surface area contributed by atoms with Crippen molar-refractivity contribution in [3.63, 3.8) is 0 Å². The van der Waals surface area contributed by atoms with E-state index in [1.807, 2.05) is 44.1 Å². The van der Waals surface area contributed by atoms with E-state index in [-0.39, 0.29) is 12.2 Å². The maximum absolute atomic E-state index is 12.4. The Bertz CT molecular complexity index is 1230. The summed E-state index contributed by atoms with van der Waals surface area (Å²) in [6, 6.07) is 9.66. The van der Waals surface area contributed by atoms with Crippen LogP contribution in [0, 0.1) is 0 Å². The molecule has 0 saturated carbocycles. The van der Waals surface area contributed by atoms with Crippen molar-refractivity contribution in [1.29, 1.82) is 0 Å². The van der Waals surface area contributed by atoms with Crippen LogP contribution in [-0.4, -0.2) is 64.0 Å². The molecule has 0 aromatic heterocycles. The van der Waals surface area contributed by atoms with Crippen LogP contribution in [0.5, 0.6) is 11.5 Å². The normalized spacial score (nSPS) is 16.0. The fraction of sp³-hybridized carbons (Fsp3) is 0.346. The summed E-state index contributed by atoms with van der Waals surface area (Å²) in [7, 11) is 5.19. The third kappa shape index (κ3) is 7.17. The summed E-state index contributed by atoms with van der Waals surface area (Å²) in [6.07, 6.45) is 0.500. The molecule has 204 valence electrons. The molecule has 3 rings (SSSR count). The zero-order valence-corrected chi connectivity index (χ0v) is 23.5. The third-order valence-electron chi connectivity index (χ3n) is 5.56. The summed E-state index contributed by atoms with van der Waals surface area (Å²) in [4.78, 5) is 26.5. The quantitative estimate of drug-likeness (QED) is 0.136. The average Bonchev–Trinajstić information content (AvgIpc) is 2.87. The largest absolute Gasteiger partial charge is 0.490 e. The second-order valence-electron chi connectivity index (χ2n) is 8.52. The smallest absolute Gasteiger partial charge is 0.337 e. The standard InChI is InChI=1S/C26H32BrN5O6/c1-6-37-21-12-17(24-23(25(34)36-5)15(2)29-26(35)30-24)8-10-20(21)38-14-22(33)31-28-13-16-7-9-19(32(3)4)18(27)11-16/h7-13,22,24,31,33H,6,14H2,1-5H3,(H2,29,30,35)/b28-13-/t22-,24+/m0/s1. The number of carbonyl (C=O) groups is 2. The number of halogens is 1. The van der Waals surface area contributed by atoms with Crippen LogP contribution in [0.25, 0.3) is 0 Å². The lowest BCUT2D eigenvalue weighted by Gasteiger charge is -2.28. The predicted molar refractivity (Wildman–Crippen MR) is 147 cm³/mol. The molecule has 0 radical (unpaired) electrons. The first kappa shape index (κ1) is 28.8. The summed E-state index contributed by atoms with van der Waals surface area (Å²) in [5, 5.41) is 19.7. The highest BCUT2D eigenvalue weighted by molar-refractivity contribution is 9.10. The van der Waals surface area contributed by atoms with Crippen LogP contribution in [0.3, 0.4) is 0 Å². The van der Waals surface area contributed by atoms with E-state index in [4.69, 9.17) is 14.2 Å². The van der Waals surface area contributed by atoms with Crippen molar-refractivity contribution in [1.82, 2.24) is 16.1 Å². The van der Waals surface area contributed by atoms with Crippen LogP contribution >= 0.6 is 15.9 Å². The number of rotatable bonds is 11. The maximum atomic E-state index is 12.4. The number of nitrogens with zero attached hydrogens (tertiary/aromatic N) is 2. The van der Waals surface area contributed by atoms with Crippen molar-refractivity contribution in [2.75, 3.05) is 39.3 Å². The van der Waals surface area contributed by atoms with Gasteiger partial charge in [0, 0.05) is 24.3 Å². The highest BCUT2D eigenvalue weighted by Gasteiger charge is 2.32. The van der Waals surface area contributed by atoms with Crippen molar-refractivity contribution in [3.05, 3.63) is 63.3 Å². The zero-order valence-electron chi connectivity index (χ0n) is 21.9. The van der Waals surface area contributed by atoms with Crippen LogP contribution < -0.4 is 30.4 Å². The second-order valence-corrected chi connectivity index (χ2v) is 9.37. The molecule has 0 aliphatic carbocycles. The topological polar surface area (TPSA) is 134 Å². The molecule has 2 aromatic carbocycles. The average molecular weight is 590 g/mol. The summed E-state index contributed by atoms with van der Waals surface area (Å²) in [5.74, 6) is 0.208. The Hall–Kier alpha value is -3.77. The first-order chi connectivity index (χ1) is 18.1. The maximum Gasteiger partial charge on any atom is 0.337 e. The van der Waals surface area contributed by atoms with E-state index >= 15 is 0 Å². The fourth-order valence-corrected chi connectivity index (χ4v) is 4.54. The molecule has 12 heteroatoms. The molecule has 1 aliphatic rings. The van der Waals surface area contributed by atoms with Gasteiger partial charge in [-0.3, -0.25) is 5.43 Å². The molecule has 0 fully saturated rings. The van der Waals surface area contributed by atoms with Gasteiger partial charge in [-0.25, -0.2) is 9.59 Å². The fourth-order valence-electron chi connectivity index (χ4n) is 3.79. The Morgan fingerprint density at radius 2 is 2.00 bits per heavy atom. The van der Waals surface area contributed by atoms with Crippen LogP contribution in [0.1, 0.15) is 31.0 Å². The molecule has 0 unspecified atom stereocenters. The monoisotopic (exact) mass is 589 g/mol. The van der Waals surface area contributed by atoms with Gasteiger partial charge in [-0.2, -0.15) is 5.10 Å². The van der Waals surface area contributed by atoms with Crippen molar-refractivity contribution >= 4 is 39.8 Å². The Kier molecular flexibility index (Phi) is 9.97. The van der Waals surface area contributed by atoms with E-state index in [2.05, 4.69) is 37.1 Å². The van der Waals surface area contributed by atoms with Gasteiger partial charge >= 0.3 is 12.0 Å². The van der Waals surface area contributed by atoms with Gasteiger partial charge in [0.2, 0.25) is 0 Å². The number of hydrogen-bond donors (Lipinski definition) is 4. The lowest BCUT2D eigenvalue weighted by molar-refractivity contribution is -0.136. The molecule has 0 bridgehead atoms. The highest BCUT2D eigenvalue weighted by Crippen LogP contribution is 2.35. The van der Waals surface area contributed by atoms with Gasteiger partial charge in [-0.1, -0.05) is 12.1 Å². The molecule has 2 atom stereocenters. The second kappa shape index (κ2) is 13.2. The number of methoxy groups -OCH3 is 1. The van der Waals surface area contributed by atoms with Crippen LogP contribution in [0.2, 0.25) is 0 Å². The zero-order chi connectivity index (χ0) is 27.8. The number of urea groups is 1. The number of nitrogens with one attached hydrogen (secondary N) is 3. The number of carbonyl (C=O) groups excluding carboxylic acids is 2. The minimum Gasteiger partial charge on any atom is -0.490 e. The minimum atomic E-state index is -1.09. The molecule has 2 aromatic rings. The minimum absolute atomic E-state index is 0.115. The molecular weight excluding hydrogens is 558 g/mol. The van der Waals surface area contributed by atoms with Gasteiger partial charge in [0.1, 0.15) is 6.61 Å². The van der Waals surface area contributed by atoms with E-state index in [0.29, 0.717) is 29.4 Å². The predicted octanol–water partition coefficient (Wildman–Crippen LogP) is 3.04. The summed E-state index contributed by atoms with van der Waals surface area (Å²) >= 11 is 3.53. The Labute approximate surface area is 230 Å². The number of amides is 2. The van der Waals surface area contributed by atoms with Gasteiger partial charge in [-0.05, 0) is 65.2 Å². The van der Waals surface area contributed by atoms with Crippen molar-refractivity contribution < 1.29 is 28.9 Å². The van der Waals surface area contributed by atoms with E-state index < -0.39 is 24.3 Å². The summed E-state index contributed by atoms with van der Waals surface area (Å²) in [5.41, 5.74) is 5.80. The molecule has 0 saturated heterocycles. The summed E-state index contributed by atoms with van der Waals surface area (Å²) in [6.45, 7) is 3.69. The molecule has 4 N–H and O–H groups in total. The number of allylic oxidation sites excluding steroid dienone is 1. The third-order valence-corrected chi connectivity index (χ3v) is 6.20. The summed E-state index contributed by atoms with van der Waals surface area (Å²) < 4.78 is 17.3. The number of hydrazone groups is 1. The van der Waals surface area contributed by atoms with Gasteiger partial charge in [0.15, 0.2) is 17.7 Å². The molecule has 0 spiro atoms. The van der Waals surface area contributed by atoms with Crippen LogP contribution in [-0.2, 0) is 9.53 Å². The SMILES string of the molecule is CCOc1cc([C@H]2NC(=O)NC(C)=C2C(=O)OC)ccc1OC[C@H](O)N/N=C\c1ccc(N(C)C)c(Br)c1. The van der Waals surface area contributed by atoms with Crippen molar-refractivity contribution in [2.45, 2.75) is 26.1 Å². The van der Waals surface area contributed by atoms with E-state index in [0.717, 1.165) is 15.7 Å². The molecule has 11 nitrogen and oxygen atoms in total. The Morgan fingerprint density at radius 3 is 2.66 bits per heavy atom. The number of aliphatic hydroxyl groups excluding tert-OH is 1. The van der Waals surface area contributed by atoms with Crippen LogP contribution in [0.4, 0.5) is 10.5 Å². The molecule has 1 aliphatic heterocycles. The van der Waals surface area contributed by atoms with E-state index in [9.17, 15) is 14.7 Å². The van der Waals surface area contributed by atoms with E-state index in [1.165, 1.54) is 7.11 Å². The first-order valence-corrected chi connectivity index (χ1v) is 12.6. The van der Waals surface area contributed by atoms with Gasteiger partial charge in [0.25, 0.3) is 0 Å². The van der Waals surface area contributed by atoms with Crippen LogP contribution in [0.15, 0.2) is 57.2 Å². The molecule has 1 heterocycles. The van der Waals surface area contributed by atoms with Gasteiger partial charge < -0.3 is 34.9 Å². The van der Waals surface area contributed by atoms with Gasteiger partial charge in [-0.15, -0.1) is 0 Å². The molecule has 38 heavy (non-hydrogen) atoms. The number of benzene rings is 2.